The van der Waals surface area contributed by atoms with Crippen molar-refractivity contribution in [1.82, 2.24) is 9.88 Å². The van der Waals surface area contributed by atoms with Crippen LogP contribution in [0.5, 0.6) is 5.75 Å². The summed E-state index contributed by atoms with van der Waals surface area (Å²) in [6.45, 7) is 2.47. The van der Waals surface area contributed by atoms with Crippen molar-refractivity contribution in [1.29, 1.82) is 0 Å². The highest BCUT2D eigenvalue weighted by Crippen LogP contribution is 2.35. The normalized spacial score (nSPS) is 19.5. The number of likely N-dealkylation sites (tertiary alicyclic amines) is 1. The standard InChI is InChI=1S/C20H24N2O3/c1-20(24,16-5-7-17(25-2)8-6-16)18-4-3-13-22(18)19(23)14-15-9-11-21-12-10-15/h5-12,18,24H,3-4,13-14H2,1-2H3/t18-,20+/m0/s1. The van der Waals surface area contributed by atoms with Crippen molar-refractivity contribution in [3.8, 4) is 5.75 Å². The molecule has 0 spiro atoms. The maximum absolute atomic E-state index is 12.8. The Kier molecular flexibility index (Phi) is 5.04. The first kappa shape index (κ1) is 17.4. The fourth-order valence-corrected chi connectivity index (χ4v) is 3.55. The minimum absolute atomic E-state index is 0.0440. The van der Waals surface area contributed by atoms with Crippen molar-refractivity contribution in [3.63, 3.8) is 0 Å². The van der Waals surface area contributed by atoms with Gasteiger partial charge in [-0.2, -0.15) is 0 Å². The molecule has 0 bridgehead atoms. The van der Waals surface area contributed by atoms with Gasteiger partial charge in [0.1, 0.15) is 11.4 Å². The van der Waals surface area contributed by atoms with Crippen LogP contribution in [0.3, 0.4) is 0 Å². The molecule has 2 heterocycles. The highest BCUT2D eigenvalue weighted by atomic mass is 16.5. The van der Waals surface area contributed by atoms with Crippen LogP contribution < -0.4 is 4.74 Å². The number of carbonyl (C=O) groups excluding carboxylic acids is 1. The van der Waals surface area contributed by atoms with E-state index in [-0.39, 0.29) is 11.9 Å². The Labute approximate surface area is 148 Å². The predicted molar refractivity (Wildman–Crippen MR) is 95.2 cm³/mol. The molecule has 2 atom stereocenters. The molecule has 1 amide bonds. The topological polar surface area (TPSA) is 62.7 Å². The number of amides is 1. The van der Waals surface area contributed by atoms with Crippen molar-refractivity contribution in [2.24, 2.45) is 0 Å². The van der Waals surface area contributed by atoms with Crippen LogP contribution in [0.1, 0.15) is 30.9 Å². The van der Waals surface area contributed by atoms with Gasteiger partial charge in [-0.05, 0) is 55.2 Å². The van der Waals surface area contributed by atoms with Crippen molar-refractivity contribution in [2.75, 3.05) is 13.7 Å². The Bertz CT molecular complexity index is 713. The Morgan fingerprint density at radius 2 is 1.96 bits per heavy atom. The highest BCUT2D eigenvalue weighted by Gasteiger charge is 2.42. The summed E-state index contributed by atoms with van der Waals surface area (Å²) in [6, 6.07) is 10.9. The fourth-order valence-electron chi connectivity index (χ4n) is 3.55. The second-order valence-electron chi connectivity index (χ2n) is 6.65. The monoisotopic (exact) mass is 340 g/mol. The summed E-state index contributed by atoms with van der Waals surface area (Å²) in [4.78, 5) is 18.6. The van der Waals surface area contributed by atoms with Gasteiger partial charge in [0.25, 0.3) is 0 Å². The predicted octanol–water partition coefficient (Wildman–Crippen LogP) is 2.53. The van der Waals surface area contributed by atoms with Crippen molar-refractivity contribution in [2.45, 2.75) is 37.8 Å². The van der Waals surface area contributed by atoms with Crippen molar-refractivity contribution < 1.29 is 14.6 Å². The van der Waals surface area contributed by atoms with Gasteiger partial charge >= 0.3 is 0 Å². The summed E-state index contributed by atoms with van der Waals surface area (Å²) in [5.74, 6) is 0.791. The van der Waals surface area contributed by atoms with E-state index in [9.17, 15) is 9.90 Å². The van der Waals surface area contributed by atoms with Crippen LogP contribution in [0.15, 0.2) is 48.8 Å². The van der Waals surface area contributed by atoms with Gasteiger partial charge in [-0.25, -0.2) is 0 Å². The lowest BCUT2D eigenvalue weighted by molar-refractivity contribution is -0.137. The number of nitrogens with zero attached hydrogens (tertiary/aromatic N) is 2. The quantitative estimate of drug-likeness (QED) is 0.908. The second kappa shape index (κ2) is 7.23. The second-order valence-corrected chi connectivity index (χ2v) is 6.65. The lowest BCUT2D eigenvalue weighted by atomic mass is 9.86. The SMILES string of the molecule is COc1ccc([C@@](C)(O)[C@@H]2CCCN2C(=O)Cc2ccncc2)cc1. The zero-order valence-electron chi connectivity index (χ0n) is 14.7. The van der Waals surface area contributed by atoms with E-state index in [4.69, 9.17) is 4.74 Å². The maximum atomic E-state index is 12.8. The van der Waals surface area contributed by atoms with Gasteiger partial charge in [0.05, 0.1) is 19.6 Å². The van der Waals surface area contributed by atoms with E-state index in [2.05, 4.69) is 4.98 Å². The first-order valence-corrected chi connectivity index (χ1v) is 8.57. The lowest BCUT2D eigenvalue weighted by Crippen LogP contribution is -2.48. The number of rotatable bonds is 5. The molecule has 1 aromatic carbocycles. The van der Waals surface area contributed by atoms with Crippen LogP contribution in [-0.4, -0.2) is 40.6 Å². The van der Waals surface area contributed by atoms with E-state index < -0.39 is 5.60 Å². The molecular weight excluding hydrogens is 316 g/mol. The molecule has 5 nitrogen and oxygen atoms in total. The molecule has 3 rings (SSSR count). The summed E-state index contributed by atoms with van der Waals surface area (Å²) < 4.78 is 5.18. The number of benzene rings is 1. The Morgan fingerprint density at radius 3 is 2.60 bits per heavy atom. The van der Waals surface area contributed by atoms with E-state index in [1.807, 2.05) is 41.3 Å². The van der Waals surface area contributed by atoms with Crippen LogP contribution in [0.25, 0.3) is 0 Å². The van der Waals surface area contributed by atoms with E-state index in [1.165, 1.54) is 0 Å². The number of pyridine rings is 1. The molecule has 1 saturated heterocycles. The molecule has 1 aliphatic rings. The summed E-state index contributed by atoms with van der Waals surface area (Å²) in [5, 5.41) is 11.2. The fraction of sp³-hybridized carbons (Fsp3) is 0.400. The van der Waals surface area contributed by atoms with Gasteiger partial charge in [-0.15, -0.1) is 0 Å². The number of ether oxygens (including phenoxy) is 1. The zero-order valence-corrected chi connectivity index (χ0v) is 14.7. The number of methoxy groups -OCH3 is 1. The van der Waals surface area contributed by atoms with Crippen LogP contribution in [0.4, 0.5) is 0 Å². The molecule has 0 radical (unpaired) electrons. The maximum Gasteiger partial charge on any atom is 0.227 e. The molecular formula is C20H24N2O3. The van der Waals surface area contributed by atoms with Gasteiger partial charge in [0, 0.05) is 18.9 Å². The summed E-state index contributed by atoms with van der Waals surface area (Å²) in [7, 11) is 1.61. The van der Waals surface area contributed by atoms with Gasteiger partial charge < -0.3 is 14.7 Å². The molecule has 1 fully saturated rings. The first-order chi connectivity index (χ1) is 12.0. The van der Waals surface area contributed by atoms with Crippen LogP contribution in [0.2, 0.25) is 0 Å². The van der Waals surface area contributed by atoms with Gasteiger partial charge in [0.15, 0.2) is 0 Å². The van der Waals surface area contributed by atoms with Crippen LogP contribution in [-0.2, 0) is 16.8 Å². The molecule has 0 aliphatic carbocycles. The Balaban J connectivity index is 1.78. The Hall–Kier alpha value is -2.40. The first-order valence-electron chi connectivity index (χ1n) is 8.57. The molecule has 5 heteroatoms. The van der Waals surface area contributed by atoms with Crippen LogP contribution >= 0.6 is 0 Å². The number of hydrogen-bond donors (Lipinski definition) is 1. The van der Waals surface area contributed by atoms with Crippen molar-refractivity contribution >= 4 is 5.91 Å². The third kappa shape index (κ3) is 3.66. The minimum atomic E-state index is -1.10. The Morgan fingerprint density at radius 1 is 1.28 bits per heavy atom. The third-order valence-electron chi connectivity index (χ3n) is 5.00. The van der Waals surface area contributed by atoms with E-state index >= 15 is 0 Å². The smallest absolute Gasteiger partial charge is 0.227 e. The van der Waals surface area contributed by atoms with E-state index in [1.54, 1.807) is 26.4 Å². The number of carbonyl (C=O) groups is 1. The molecule has 132 valence electrons. The molecule has 1 aliphatic heterocycles. The number of hydrogen-bond acceptors (Lipinski definition) is 4. The molecule has 25 heavy (non-hydrogen) atoms. The molecule has 2 aromatic rings. The summed E-state index contributed by atoms with van der Waals surface area (Å²) >= 11 is 0. The summed E-state index contributed by atoms with van der Waals surface area (Å²) in [6.07, 6.45) is 5.41. The van der Waals surface area contributed by atoms with E-state index in [0.717, 1.165) is 29.7 Å². The third-order valence-corrected chi connectivity index (χ3v) is 5.00. The van der Waals surface area contributed by atoms with Crippen LogP contribution in [0, 0.1) is 0 Å². The average Bonchev–Trinajstić information content (AvgIpc) is 3.13. The highest BCUT2D eigenvalue weighted by molar-refractivity contribution is 5.79. The zero-order chi connectivity index (χ0) is 17.9. The van der Waals surface area contributed by atoms with Gasteiger partial charge in [-0.3, -0.25) is 9.78 Å². The molecule has 0 saturated carbocycles. The van der Waals surface area contributed by atoms with Gasteiger partial charge in [-0.1, -0.05) is 12.1 Å². The average molecular weight is 340 g/mol. The van der Waals surface area contributed by atoms with Gasteiger partial charge in [0.2, 0.25) is 5.91 Å². The number of aliphatic hydroxyl groups is 1. The lowest BCUT2D eigenvalue weighted by Gasteiger charge is -2.37. The minimum Gasteiger partial charge on any atom is -0.497 e. The molecule has 1 aromatic heterocycles. The molecule has 0 unspecified atom stereocenters. The molecule has 1 N–H and O–H groups in total. The number of aromatic nitrogens is 1. The summed E-state index contributed by atoms with van der Waals surface area (Å²) in [5.41, 5.74) is 0.632. The van der Waals surface area contributed by atoms with E-state index in [0.29, 0.717) is 13.0 Å². The van der Waals surface area contributed by atoms with Crippen molar-refractivity contribution in [3.05, 3.63) is 59.9 Å². The largest absolute Gasteiger partial charge is 0.497 e.